The van der Waals surface area contributed by atoms with Gasteiger partial charge in [-0.1, -0.05) is 26.6 Å². The van der Waals surface area contributed by atoms with Crippen LogP contribution in [0.5, 0.6) is 0 Å². The van der Waals surface area contributed by atoms with Crippen LogP contribution in [-0.4, -0.2) is 62.4 Å². The third-order valence-corrected chi connectivity index (χ3v) is 8.44. The van der Waals surface area contributed by atoms with E-state index in [4.69, 9.17) is 4.74 Å². The molecule has 170 valence electrons. The summed E-state index contributed by atoms with van der Waals surface area (Å²) in [5.74, 6) is -0.134. The van der Waals surface area contributed by atoms with Crippen molar-refractivity contribution in [2.24, 2.45) is 5.41 Å². The fourth-order valence-corrected chi connectivity index (χ4v) is 5.76. The van der Waals surface area contributed by atoms with E-state index < -0.39 is 13.6 Å². The van der Waals surface area contributed by atoms with E-state index in [1.54, 1.807) is 0 Å². The third-order valence-electron chi connectivity index (χ3n) is 6.73. The quantitative estimate of drug-likeness (QED) is 0.308. The van der Waals surface area contributed by atoms with E-state index in [-0.39, 0.29) is 36.2 Å². The molecule has 0 atom stereocenters. The van der Waals surface area contributed by atoms with Gasteiger partial charge in [-0.2, -0.15) is 0 Å². The van der Waals surface area contributed by atoms with Crippen molar-refractivity contribution in [2.45, 2.75) is 89.1 Å². The molecule has 0 radical (unpaired) electrons. The molecule has 1 heterocycles. The predicted octanol–water partition coefficient (Wildman–Crippen LogP) is 3.02. The standard InChI is InChI=1S/C21H38N4O4Si/c1-5-10-22-18(27)23-16-6-8-20(9-7-16)13-21(14-20)17(26)25(19(28)24-21)15-29-11-12-30(2,3)4/h16H,5-15H2,1-4H3,(H,24,28)(H2,22,23,27). The molecule has 9 heteroatoms. The number of carbonyl (C=O) groups excluding carboxylic acids is 3. The van der Waals surface area contributed by atoms with Crippen LogP contribution in [0.3, 0.4) is 0 Å². The van der Waals surface area contributed by atoms with Crippen molar-refractivity contribution in [3.05, 3.63) is 0 Å². The van der Waals surface area contributed by atoms with Crippen molar-refractivity contribution in [1.82, 2.24) is 20.9 Å². The molecule has 1 aliphatic heterocycles. The molecule has 0 unspecified atom stereocenters. The number of nitrogens with zero attached hydrogens (tertiary/aromatic N) is 1. The monoisotopic (exact) mass is 438 g/mol. The molecular formula is C21H38N4O4Si. The molecule has 3 rings (SSSR count). The van der Waals surface area contributed by atoms with E-state index in [0.717, 1.165) is 38.1 Å². The van der Waals surface area contributed by atoms with Crippen LogP contribution in [0.1, 0.15) is 51.9 Å². The summed E-state index contributed by atoms with van der Waals surface area (Å²) < 4.78 is 5.65. The Morgan fingerprint density at radius 2 is 1.90 bits per heavy atom. The molecule has 0 aromatic carbocycles. The highest BCUT2D eigenvalue weighted by molar-refractivity contribution is 6.76. The molecule has 1 saturated heterocycles. The Labute approximate surface area is 180 Å². The summed E-state index contributed by atoms with van der Waals surface area (Å²) in [4.78, 5) is 38.4. The van der Waals surface area contributed by atoms with Crippen LogP contribution in [0.25, 0.3) is 0 Å². The summed E-state index contributed by atoms with van der Waals surface area (Å²) in [5, 5.41) is 8.86. The molecule has 3 N–H and O–H groups in total. The largest absolute Gasteiger partial charge is 0.361 e. The van der Waals surface area contributed by atoms with Crippen LogP contribution in [0.4, 0.5) is 9.59 Å². The Kier molecular flexibility index (Phi) is 6.81. The first-order valence-electron chi connectivity index (χ1n) is 11.3. The molecule has 0 aromatic rings. The molecule has 3 fully saturated rings. The van der Waals surface area contributed by atoms with Crippen molar-refractivity contribution >= 4 is 26.0 Å². The van der Waals surface area contributed by atoms with Crippen molar-refractivity contribution in [3.63, 3.8) is 0 Å². The van der Waals surface area contributed by atoms with Crippen LogP contribution >= 0.6 is 0 Å². The number of hydrogen-bond donors (Lipinski definition) is 3. The van der Waals surface area contributed by atoms with E-state index in [2.05, 4.69) is 35.6 Å². The third kappa shape index (κ3) is 5.16. The maximum atomic E-state index is 13.0. The van der Waals surface area contributed by atoms with Crippen molar-refractivity contribution < 1.29 is 19.1 Å². The maximum absolute atomic E-state index is 13.0. The van der Waals surface area contributed by atoms with Gasteiger partial charge in [-0.25, -0.2) is 14.5 Å². The summed E-state index contributed by atoms with van der Waals surface area (Å²) in [7, 11) is -1.20. The zero-order valence-corrected chi connectivity index (χ0v) is 19.9. The first-order valence-corrected chi connectivity index (χ1v) is 15.1. The van der Waals surface area contributed by atoms with E-state index in [0.29, 0.717) is 26.0 Å². The van der Waals surface area contributed by atoms with Gasteiger partial charge < -0.3 is 20.7 Å². The summed E-state index contributed by atoms with van der Waals surface area (Å²) >= 11 is 0. The second-order valence-corrected chi connectivity index (χ2v) is 16.2. The highest BCUT2D eigenvalue weighted by Gasteiger charge is 2.64. The second kappa shape index (κ2) is 8.86. The Bertz CT molecular complexity index is 662. The zero-order chi connectivity index (χ0) is 22.0. The number of rotatable bonds is 8. The molecule has 2 spiro atoms. The van der Waals surface area contributed by atoms with Crippen LogP contribution in [0, 0.1) is 5.41 Å². The highest BCUT2D eigenvalue weighted by atomic mass is 28.3. The van der Waals surface area contributed by atoms with Crippen molar-refractivity contribution in [2.75, 3.05) is 19.9 Å². The van der Waals surface area contributed by atoms with E-state index in [9.17, 15) is 14.4 Å². The molecule has 8 nitrogen and oxygen atoms in total. The maximum Gasteiger partial charge on any atom is 0.326 e. The second-order valence-electron chi connectivity index (χ2n) is 10.6. The number of imide groups is 1. The zero-order valence-electron chi connectivity index (χ0n) is 18.9. The first kappa shape index (κ1) is 23.1. The van der Waals surface area contributed by atoms with Gasteiger partial charge in [0.05, 0.1) is 0 Å². The SMILES string of the molecule is CCCNC(=O)NC1CCC2(CC1)CC1(C2)NC(=O)N(COCC[Si](C)(C)C)C1=O. The minimum atomic E-state index is -1.20. The van der Waals surface area contributed by atoms with E-state index in [1.807, 2.05) is 6.92 Å². The topological polar surface area (TPSA) is 99.8 Å². The molecule has 2 aliphatic carbocycles. The number of carbonyl (C=O) groups is 3. The van der Waals surface area contributed by atoms with E-state index in [1.165, 1.54) is 4.90 Å². The number of amides is 5. The van der Waals surface area contributed by atoms with E-state index >= 15 is 0 Å². The van der Waals surface area contributed by atoms with Gasteiger partial charge in [0.25, 0.3) is 5.91 Å². The van der Waals surface area contributed by atoms with Gasteiger partial charge in [-0.15, -0.1) is 0 Å². The Morgan fingerprint density at radius 1 is 1.23 bits per heavy atom. The van der Waals surface area contributed by atoms with Crippen molar-refractivity contribution in [1.29, 1.82) is 0 Å². The van der Waals surface area contributed by atoms with Gasteiger partial charge in [-0.3, -0.25) is 4.79 Å². The molecule has 3 aliphatic rings. The van der Waals surface area contributed by atoms with Crippen LogP contribution < -0.4 is 16.0 Å². The molecule has 5 amide bonds. The number of urea groups is 2. The average molecular weight is 439 g/mol. The fraction of sp³-hybridized carbons (Fsp3) is 0.857. The van der Waals surface area contributed by atoms with Gasteiger partial charge in [0, 0.05) is 27.3 Å². The minimum Gasteiger partial charge on any atom is -0.361 e. The normalized spacial score (nSPS) is 31.1. The van der Waals surface area contributed by atoms with Crippen LogP contribution in [0.15, 0.2) is 0 Å². The smallest absolute Gasteiger partial charge is 0.326 e. The number of ether oxygens (including phenoxy) is 1. The highest BCUT2D eigenvalue weighted by Crippen LogP contribution is 2.58. The number of nitrogens with one attached hydrogen (secondary N) is 3. The van der Waals surface area contributed by atoms with Crippen LogP contribution in [-0.2, 0) is 9.53 Å². The van der Waals surface area contributed by atoms with Crippen molar-refractivity contribution in [3.8, 4) is 0 Å². The molecule has 0 bridgehead atoms. The lowest BCUT2D eigenvalue weighted by atomic mass is 9.51. The Morgan fingerprint density at radius 3 is 2.50 bits per heavy atom. The Balaban J connectivity index is 1.44. The number of hydrogen-bond acceptors (Lipinski definition) is 4. The van der Waals surface area contributed by atoms with Gasteiger partial charge in [0.15, 0.2) is 0 Å². The summed E-state index contributed by atoms with van der Waals surface area (Å²) in [5.41, 5.74) is -0.631. The summed E-state index contributed by atoms with van der Waals surface area (Å²) in [6.07, 6.45) is 6.11. The van der Waals surface area contributed by atoms with Gasteiger partial charge in [-0.05, 0) is 56.4 Å². The molecule has 2 saturated carbocycles. The Hall–Kier alpha value is -1.61. The predicted molar refractivity (Wildman–Crippen MR) is 118 cm³/mol. The minimum absolute atomic E-state index is 0.0444. The molecule has 30 heavy (non-hydrogen) atoms. The van der Waals surface area contributed by atoms with Gasteiger partial charge in [0.1, 0.15) is 12.3 Å². The summed E-state index contributed by atoms with van der Waals surface area (Å²) in [6.45, 7) is 10.2. The van der Waals surface area contributed by atoms with Gasteiger partial charge in [0.2, 0.25) is 0 Å². The lowest BCUT2D eigenvalue weighted by Gasteiger charge is -2.55. The average Bonchev–Trinajstić information content (AvgIpc) is 2.88. The van der Waals surface area contributed by atoms with Gasteiger partial charge >= 0.3 is 12.1 Å². The molecular weight excluding hydrogens is 400 g/mol. The first-order chi connectivity index (χ1) is 14.1. The summed E-state index contributed by atoms with van der Waals surface area (Å²) in [6, 6.07) is 0.780. The lowest BCUT2D eigenvalue weighted by Crippen LogP contribution is -2.63. The lowest BCUT2D eigenvalue weighted by molar-refractivity contribution is -0.145. The van der Waals surface area contributed by atoms with Crippen LogP contribution in [0.2, 0.25) is 25.7 Å². The molecule has 0 aromatic heterocycles. The fourth-order valence-electron chi connectivity index (χ4n) is 5.00.